The van der Waals surface area contributed by atoms with Crippen LogP contribution in [-0.2, 0) is 23.9 Å². The highest BCUT2D eigenvalue weighted by molar-refractivity contribution is 5.79. The minimum absolute atomic E-state index is 0.120. The van der Waals surface area contributed by atoms with Crippen LogP contribution < -0.4 is 15.1 Å². The SMILES string of the molecule is N#Cc1ccc(CCNC(=O)C2CCCN(c3cc(N4CCN(CCn5ccnc5)CC4)nc(C(F)(F)F)n3)C2)cc1. The fourth-order valence-corrected chi connectivity index (χ4v) is 5.37. The van der Waals surface area contributed by atoms with E-state index in [2.05, 4.69) is 31.2 Å². The maximum Gasteiger partial charge on any atom is 0.451 e. The summed E-state index contributed by atoms with van der Waals surface area (Å²) < 4.78 is 43.5. The van der Waals surface area contributed by atoms with Gasteiger partial charge in [0.05, 0.1) is 23.9 Å². The molecule has 1 N–H and O–H groups in total. The number of halogens is 3. The molecular formula is C29H34F3N9O. The Labute approximate surface area is 242 Å². The molecule has 1 atom stereocenters. The molecule has 0 aliphatic carbocycles. The highest BCUT2D eigenvalue weighted by atomic mass is 19.4. The largest absolute Gasteiger partial charge is 0.451 e. The number of piperidine rings is 1. The number of hydrogen-bond acceptors (Lipinski definition) is 8. The summed E-state index contributed by atoms with van der Waals surface area (Å²) >= 11 is 0. The predicted molar refractivity (Wildman–Crippen MR) is 151 cm³/mol. The molecular weight excluding hydrogens is 547 g/mol. The van der Waals surface area contributed by atoms with Crippen molar-refractivity contribution < 1.29 is 18.0 Å². The number of anilines is 2. The number of benzene rings is 1. The summed E-state index contributed by atoms with van der Waals surface area (Å²) in [6.07, 6.45) is 2.67. The number of alkyl halides is 3. The lowest BCUT2D eigenvalue weighted by Crippen LogP contribution is -2.48. The second-order valence-corrected chi connectivity index (χ2v) is 10.7. The van der Waals surface area contributed by atoms with Crippen molar-refractivity contribution in [3.05, 3.63) is 66.0 Å². The van der Waals surface area contributed by atoms with Gasteiger partial charge in [0, 0.05) is 77.4 Å². The first-order valence-electron chi connectivity index (χ1n) is 14.2. The third kappa shape index (κ3) is 7.55. The molecule has 1 unspecified atom stereocenters. The summed E-state index contributed by atoms with van der Waals surface area (Å²) in [5.74, 6) is -1.18. The molecule has 0 spiro atoms. The summed E-state index contributed by atoms with van der Waals surface area (Å²) in [4.78, 5) is 30.7. The molecule has 0 radical (unpaired) electrons. The van der Waals surface area contributed by atoms with Gasteiger partial charge < -0.3 is 19.7 Å². The zero-order valence-electron chi connectivity index (χ0n) is 23.3. The van der Waals surface area contributed by atoms with Crippen LogP contribution in [-0.4, -0.2) is 82.7 Å². The van der Waals surface area contributed by atoms with Crippen LogP contribution in [0, 0.1) is 17.2 Å². The fraction of sp³-hybridized carbons (Fsp3) is 0.483. The Morgan fingerprint density at radius 2 is 1.76 bits per heavy atom. The zero-order valence-corrected chi connectivity index (χ0v) is 23.3. The van der Waals surface area contributed by atoms with Crippen LogP contribution in [0.2, 0.25) is 0 Å². The number of nitriles is 1. The van der Waals surface area contributed by atoms with Crippen LogP contribution in [0.1, 0.15) is 29.8 Å². The lowest BCUT2D eigenvalue weighted by atomic mass is 9.97. The van der Waals surface area contributed by atoms with E-state index in [9.17, 15) is 18.0 Å². The Kier molecular flexibility index (Phi) is 9.22. The number of nitrogens with one attached hydrogen (secondary N) is 1. The fourth-order valence-electron chi connectivity index (χ4n) is 5.37. The molecule has 3 aromatic rings. The van der Waals surface area contributed by atoms with E-state index in [-0.39, 0.29) is 23.5 Å². The van der Waals surface area contributed by atoms with Crippen molar-refractivity contribution in [2.24, 2.45) is 5.92 Å². The van der Waals surface area contributed by atoms with Crippen molar-refractivity contribution in [1.82, 2.24) is 29.7 Å². The molecule has 0 saturated carbocycles. The standard InChI is InChI=1S/C29H34F3N9O/c30-29(31,32)28-36-25(40-16-14-38(15-17-40)12-13-39-11-9-34-21-39)18-26(37-28)41-10-1-2-24(20-41)27(42)35-8-7-22-3-5-23(19-33)6-4-22/h3-6,9,11,18,21,24H,1-2,7-8,10,12-17,20H2,(H,35,42). The number of aromatic nitrogens is 4. The predicted octanol–water partition coefficient (Wildman–Crippen LogP) is 2.96. The number of carbonyl (C=O) groups excluding carboxylic acids is 1. The minimum atomic E-state index is -4.69. The van der Waals surface area contributed by atoms with E-state index in [4.69, 9.17) is 5.26 Å². The van der Waals surface area contributed by atoms with Gasteiger partial charge in [-0.1, -0.05) is 12.1 Å². The molecule has 1 amide bonds. The highest BCUT2D eigenvalue weighted by Crippen LogP contribution is 2.32. The number of amides is 1. The topological polar surface area (TPSA) is 106 Å². The second kappa shape index (κ2) is 13.2. The Hall–Kier alpha value is -4.18. The molecule has 1 aromatic carbocycles. The van der Waals surface area contributed by atoms with Gasteiger partial charge in [0.2, 0.25) is 11.7 Å². The third-order valence-electron chi connectivity index (χ3n) is 7.79. The molecule has 2 aromatic heterocycles. The third-order valence-corrected chi connectivity index (χ3v) is 7.79. The first kappa shape index (κ1) is 29.3. The Morgan fingerprint density at radius 1 is 1.02 bits per heavy atom. The molecule has 13 heteroatoms. The normalized spacial score (nSPS) is 18.1. The van der Waals surface area contributed by atoms with Crippen molar-refractivity contribution in [2.75, 3.05) is 62.2 Å². The van der Waals surface area contributed by atoms with Crippen LogP contribution in [0.25, 0.3) is 0 Å². The summed E-state index contributed by atoms with van der Waals surface area (Å²) in [5, 5.41) is 11.9. The zero-order chi connectivity index (χ0) is 29.5. The highest BCUT2D eigenvalue weighted by Gasteiger charge is 2.37. The van der Waals surface area contributed by atoms with E-state index in [1.807, 2.05) is 27.8 Å². The van der Waals surface area contributed by atoms with Gasteiger partial charge in [-0.15, -0.1) is 0 Å². The number of hydrogen-bond donors (Lipinski definition) is 1. The van der Waals surface area contributed by atoms with E-state index in [0.717, 1.165) is 18.7 Å². The van der Waals surface area contributed by atoms with Crippen molar-refractivity contribution in [3.63, 3.8) is 0 Å². The maximum absolute atomic E-state index is 13.8. The molecule has 5 rings (SSSR count). The van der Waals surface area contributed by atoms with Gasteiger partial charge in [0.1, 0.15) is 11.6 Å². The van der Waals surface area contributed by atoms with Crippen molar-refractivity contribution in [1.29, 1.82) is 5.26 Å². The average Bonchev–Trinajstić information content (AvgIpc) is 3.54. The number of nitrogens with zero attached hydrogens (tertiary/aromatic N) is 8. The van der Waals surface area contributed by atoms with E-state index in [1.165, 1.54) is 0 Å². The summed E-state index contributed by atoms with van der Waals surface area (Å²) in [6, 6.07) is 10.9. The molecule has 2 saturated heterocycles. The van der Waals surface area contributed by atoms with Crippen LogP contribution >= 0.6 is 0 Å². The number of imidazole rings is 1. The van der Waals surface area contributed by atoms with Gasteiger partial charge >= 0.3 is 6.18 Å². The van der Waals surface area contributed by atoms with Crippen LogP contribution in [0.5, 0.6) is 0 Å². The van der Waals surface area contributed by atoms with Gasteiger partial charge in [0.25, 0.3) is 0 Å². The average molecular weight is 582 g/mol. The van der Waals surface area contributed by atoms with E-state index >= 15 is 0 Å². The summed E-state index contributed by atoms with van der Waals surface area (Å²) in [7, 11) is 0. The van der Waals surface area contributed by atoms with E-state index in [0.29, 0.717) is 70.6 Å². The molecule has 222 valence electrons. The Morgan fingerprint density at radius 3 is 2.43 bits per heavy atom. The van der Waals surface area contributed by atoms with Crippen molar-refractivity contribution >= 4 is 17.5 Å². The van der Waals surface area contributed by atoms with Crippen molar-refractivity contribution in [3.8, 4) is 6.07 Å². The number of rotatable bonds is 9. The molecule has 2 aliphatic rings. The second-order valence-electron chi connectivity index (χ2n) is 10.7. The van der Waals surface area contributed by atoms with Crippen molar-refractivity contribution in [2.45, 2.75) is 32.0 Å². The summed E-state index contributed by atoms with van der Waals surface area (Å²) in [5.41, 5.74) is 1.59. The lowest BCUT2D eigenvalue weighted by Gasteiger charge is -2.37. The molecule has 2 fully saturated rings. The van der Waals surface area contributed by atoms with E-state index < -0.39 is 12.0 Å². The molecule has 10 nitrogen and oxygen atoms in total. The molecule has 2 aliphatic heterocycles. The smallest absolute Gasteiger partial charge is 0.356 e. The quantitative estimate of drug-likeness (QED) is 0.411. The molecule has 4 heterocycles. The van der Waals surface area contributed by atoms with Gasteiger partial charge in [0.15, 0.2) is 0 Å². The molecule has 42 heavy (non-hydrogen) atoms. The van der Waals surface area contributed by atoms with Crippen LogP contribution in [0.3, 0.4) is 0 Å². The Bertz CT molecular complexity index is 1360. The minimum Gasteiger partial charge on any atom is -0.356 e. The maximum atomic E-state index is 13.8. The molecule has 0 bridgehead atoms. The monoisotopic (exact) mass is 581 g/mol. The van der Waals surface area contributed by atoms with Gasteiger partial charge in [-0.05, 0) is 37.0 Å². The summed E-state index contributed by atoms with van der Waals surface area (Å²) in [6.45, 7) is 5.42. The van der Waals surface area contributed by atoms with Crippen LogP contribution in [0.4, 0.5) is 24.8 Å². The van der Waals surface area contributed by atoms with Gasteiger partial charge in [-0.2, -0.15) is 18.4 Å². The Balaban J connectivity index is 1.20. The number of carbonyl (C=O) groups is 1. The van der Waals surface area contributed by atoms with Crippen LogP contribution in [0.15, 0.2) is 49.1 Å². The number of piperazine rings is 1. The first-order chi connectivity index (χ1) is 20.3. The lowest BCUT2D eigenvalue weighted by molar-refractivity contribution is -0.144. The van der Waals surface area contributed by atoms with Gasteiger partial charge in [-0.3, -0.25) is 9.69 Å². The first-order valence-corrected chi connectivity index (χ1v) is 14.2. The van der Waals surface area contributed by atoms with Gasteiger partial charge in [-0.25, -0.2) is 15.0 Å². The van der Waals surface area contributed by atoms with E-state index in [1.54, 1.807) is 35.6 Å².